The highest BCUT2D eigenvalue weighted by Crippen LogP contribution is 2.33. The van der Waals surface area contributed by atoms with Crippen LogP contribution >= 0.6 is 0 Å². The average Bonchev–Trinajstić information content (AvgIpc) is 1.51. The van der Waals surface area contributed by atoms with Crippen LogP contribution in [0.25, 0.3) is 0 Å². The van der Waals surface area contributed by atoms with E-state index in [9.17, 15) is 95.9 Å². The molecule has 0 saturated heterocycles. The number of Topliss-reactive ketones (excluding diaryl/α,β-unsaturated/α-hetero) is 2. The number of aliphatic imine (C=N–C) groups is 5. The third kappa shape index (κ3) is 34.7. The number of H-pyrrole nitrogens is 3. The van der Waals surface area contributed by atoms with E-state index in [0.29, 0.717) is 27.9 Å². The van der Waals surface area contributed by atoms with E-state index < -0.39 is 34.4 Å². The third-order valence-electron chi connectivity index (χ3n) is 15.7. The van der Waals surface area contributed by atoms with Crippen LogP contribution in [0.4, 0.5) is 4.79 Å². The first-order valence-electron chi connectivity index (χ1n) is 36.6. The zero-order valence-corrected chi connectivity index (χ0v) is 72.1. The summed E-state index contributed by atoms with van der Waals surface area (Å²) in [5.74, 6) is -3.08. The van der Waals surface area contributed by atoms with Crippen molar-refractivity contribution in [3.63, 3.8) is 0 Å². The van der Waals surface area contributed by atoms with Crippen LogP contribution in [-0.4, -0.2) is 163 Å². The van der Waals surface area contributed by atoms with Gasteiger partial charge in [-0.15, -0.1) is 0 Å². The van der Waals surface area contributed by atoms with E-state index in [0.717, 1.165) is 48.4 Å². The molecule has 0 unspecified atom stereocenters. The van der Waals surface area contributed by atoms with Crippen molar-refractivity contribution in [3.8, 4) is 0 Å². The Balaban J connectivity index is 0.000000650. The molecule has 7 amide bonds. The number of carbonyl (C=O) groups excluding carboxylic acids is 14. The van der Waals surface area contributed by atoms with Gasteiger partial charge in [0.1, 0.15) is 0 Å². The second-order valence-electron chi connectivity index (χ2n) is 36.0. The van der Waals surface area contributed by atoms with Gasteiger partial charge in [0, 0.05) is 63.7 Å². The number of nitrogens with zero attached hydrogens (tertiary/aromatic N) is 11. The monoisotopic (exact) mass is 1620 g/mol. The smallest absolute Gasteiger partial charge is 0.294 e. The molecule has 2 aliphatic carbocycles. The molecule has 3 N–H and O–H groups in total. The summed E-state index contributed by atoms with van der Waals surface area (Å²) in [7, 11) is 0. The van der Waals surface area contributed by atoms with Crippen molar-refractivity contribution < 1.29 is 67.1 Å². The Bertz CT molecular complexity index is 4640. The summed E-state index contributed by atoms with van der Waals surface area (Å²) in [6.07, 6.45) is 19.5. The number of ketones is 8. The lowest BCUT2D eigenvalue weighted by atomic mass is 9.78. The molecule has 0 aromatic carbocycles. The maximum absolute atomic E-state index is 11.3. The molecule has 34 nitrogen and oxygen atoms in total. The summed E-state index contributed by atoms with van der Waals surface area (Å²) in [5, 5.41) is 7.18. The predicted octanol–water partition coefficient (Wildman–Crippen LogP) is 7.89. The van der Waals surface area contributed by atoms with Gasteiger partial charge in [-0.2, -0.15) is 15.0 Å². The molecule has 3 aromatic rings. The molecule has 0 atom stereocenters. The maximum Gasteiger partial charge on any atom is 0.362 e. The minimum absolute atomic E-state index is 0.0532. The molecular weight excluding hydrogens is 1510 g/mol. The van der Waals surface area contributed by atoms with E-state index in [4.69, 9.17) is 0 Å². The van der Waals surface area contributed by atoms with Gasteiger partial charge in [-0.25, -0.2) is 53.5 Å². The summed E-state index contributed by atoms with van der Waals surface area (Å²) in [4.78, 5) is 245. The van der Waals surface area contributed by atoms with Gasteiger partial charge in [0.05, 0.1) is 60.5 Å². The van der Waals surface area contributed by atoms with Crippen molar-refractivity contribution in [2.75, 3.05) is 0 Å². The van der Waals surface area contributed by atoms with Gasteiger partial charge in [0.25, 0.3) is 51.8 Å². The number of hydrogen-bond donors (Lipinski definition) is 3. The van der Waals surface area contributed by atoms with Gasteiger partial charge >= 0.3 is 17.4 Å². The largest absolute Gasteiger partial charge is 0.362 e. The normalized spacial score (nSPS) is 16.2. The van der Waals surface area contributed by atoms with Crippen LogP contribution in [0.2, 0.25) is 0 Å². The molecule has 3 aromatic heterocycles. The first-order chi connectivity index (χ1) is 52.8. The minimum Gasteiger partial charge on any atom is -0.294 e. The molecule has 0 saturated carbocycles. The van der Waals surface area contributed by atoms with Gasteiger partial charge in [0.2, 0.25) is 11.6 Å². The van der Waals surface area contributed by atoms with E-state index in [2.05, 4.69) is 50.2 Å². The summed E-state index contributed by atoms with van der Waals surface area (Å²) in [6.45, 7) is 54.1. The third-order valence-corrected chi connectivity index (χ3v) is 15.7. The zero-order chi connectivity index (χ0) is 91.2. The highest BCUT2D eigenvalue weighted by Gasteiger charge is 2.39. The minimum atomic E-state index is -0.510. The Morgan fingerprint density at radius 2 is 0.744 bits per heavy atom. The lowest BCUT2D eigenvalue weighted by molar-refractivity contribution is -0.130. The number of imide groups is 1. The number of dihydropyridines is 4. The van der Waals surface area contributed by atoms with Gasteiger partial charge in [0.15, 0.2) is 34.7 Å². The number of nitrogens with one attached hydrogen (secondary N) is 3. The lowest BCUT2D eigenvalue weighted by Crippen LogP contribution is -2.45. The van der Waals surface area contributed by atoms with Gasteiger partial charge in [-0.1, -0.05) is 125 Å². The first kappa shape index (κ1) is 103. The summed E-state index contributed by atoms with van der Waals surface area (Å²) in [5.41, 5.74) is -2.34. The molecular formula is C83H110N14O20. The van der Waals surface area contributed by atoms with Crippen LogP contribution in [0, 0.1) is 38.4 Å². The van der Waals surface area contributed by atoms with Crippen LogP contribution < -0.4 is 33.6 Å². The Labute approximate surface area is 677 Å². The van der Waals surface area contributed by atoms with Crippen LogP contribution in [0.1, 0.15) is 207 Å². The molecule has 117 heavy (non-hydrogen) atoms. The second kappa shape index (κ2) is 41.3. The molecule has 0 spiro atoms. The van der Waals surface area contributed by atoms with E-state index in [1.165, 1.54) is 80.9 Å². The Morgan fingerprint density at radius 3 is 1.03 bits per heavy atom. The number of allylic oxidation sites excluding steroid dienone is 10. The molecule has 0 fully saturated rings. The number of urea groups is 1. The average molecular weight is 1620 g/mol. The number of aromatic amines is 3. The Morgan fingerprint density at radius 1 is 0.350 bits per heavy atom. The van der Waals surface area contributed by atoms with Crippen molar-refractivity contribution in [1.29, 1.82) is 0 Å². The maximum atomic E-state index is 11.3. The van der Waals surface area contributed by atoms with Crippen molar-refractivity contribution >= 4 is 113 Å². The SMILES string of the molecule is CC(C)(C)C1=CC(=O)C=CC1=O.CC(C)(C)C1=CC(=O)C=NC1=O.CC(C)(C)C1=CC(=O)C=NC1=O.CC(C)(C)C1=CC(=O)N=CC1=O.CC(C)(C)C1=CC(=O)N=CC1=O.CC(C)(C)C1C(=O)C=CC1=O.CC(C)(C)N1C(=O)C=NC1=O.CC(C)(C)n1[nH]c(=O)ccc1=O.CC(C)(C)n1[nH]c(=O)ncc1=O.CC(C)n1[nH]c(=O)cnc1=O. The zero-order valence-electron chi connectivity index (χ0n) is 72.1. The van der Waals surface area contributed by atoms with Crippen molar-refractivity contribution in [2.45, 2.75) is 223 Å². The Hall–Kier alpha value is -12.4. The quantitative estimate of drug-likeness (QED) is 0.154. The van der Waals surface area contributed by atoms with Crippen LogP contribution in [0.3, 0.4) is 0 Å². The van der Waals surface area contributed by atoms with E-state index >= 15 is 0 Å². The molecule has 7 aliphatic rings. The number of amides is 7. The molecule has 5 aliphatic heterocycles. The van der Waals surface area contributed by atoms with Crippen molar-refractivity contribution in [2.24, 2.45) is 63.4 Å². The number of hydrogen-bond acceptors (Lipinski definition) is 22. The molecule has 0 radical (unpaired) electrons. The second-order valence-corrected chi connectivity index (χ2v) is 36.0. The van der Waals surface area contributed by atoms with Crippen LogP contribution in [0.15, 0.2) is 161 Å². The molecule has 34 heteroatoms. The van der Waals surface area contributed by atoms with Crippen molar-refractivity contribution in [1.82, 2.24) is 44.2 Å². The predicted molar refractivity (Wildman–Crippen MR) is 443 cm³/mol. The highest BCUT2D eigenvalue weighted by atomic mass is 16.2. The van der Waals surface area contributed by atoms with E-state index in [1.807, 2.05) is 166 Å². The molecule has 10 rings (SSSR count). The topological polar surface area (TPSA) is 494 Å². The molecule has 8 heterocycles. The number of aromatic nitrogens is 8. The summed E-state index contributed by atoms with van der Waals surface area (Å²) >= 11 is 0. The lowest BCUT2D eigenvalue weighted by Gasteiger charge is -2.27. The number of carbonyl (C=O) groups is 14. The van der Waals surface area contributed by atoms with E-state index in [-0.39, 0.29) is 142 Å². The fourth-order valence-electron chi connectivity index (χ4n) is 9.84. The fourth-order valence-corrected chi connectivity index (χ4v) is 9.84. The fraction of sp³-hybridized carbons (Fsp3) is 0.482. The first-order valence-corrected chi connectivity index (χ1v) is 36.6. The van der Waals surface area contributed by atoms with Crippen molar-refractivity contribution in [3.05, 3.63) is 169 Å². The Kier molecular flexibility index (Phi) is 36.2. The van der Waals surface area contributed by atoms with Gasteiger partial charge in [-0.05, 0) is 151 Å². The standard InChI is InChI=1S/C10H12O2.4C9H11NO2.C9H12O2.C8H12N2O2.C7H11N3O2.C7H10N2O2.C6H9N3O2/c1-10(2,3)8-6-7(11)4-5-9(8)12;2*1-9(2,3)6-4-8(12)10-5-7(6)11;2*1-9(2,3)7-4-6(11)5-10-8(7)12;1-9(2,3)8-6(10)4-5-7(8)11;1-8(2,3)10-7(12)5-4-6(11)9-10;1-7(2,3)10-5(11)4-8-6(12)9-10;1-7(2,3)9-5(10)4-8-6(9)11;1-4(2)9-6(11)7-3-5(10)8-9/h4-6H,1-3H3;4*4-5H,1-3H3;4-5,8H,1-3H3;4-5H,1-3H3,(H,9,11);4H,1-3H3,(H,9,12);4H,1-3H3;3-4H,1-2H3,(H,8,10). The highest BCUT2D eigenvalue weighted by molar-refractivity contribution is 6.41. The molecule has 632 valence electrons. The van der Waals surface area contributed by atoms with Gasteiger partial charge < -0.3 is 0 Å². The molecule has 0 bridgehead atoms. The van der Waals surface area contributed by atoms with Crippen LogP contribution in [-0.2, 0) is 73.4 Å². The van der Waals surface area contributed by atoms with Gasteiger partial charge in [-0.3, -0.25) is 96.6 Å². The summed E-state index contributed by atoms with van der Waals surface area (Å²) < 4.78 is 3.75. The number of rotatable bonds is 1. The van der Waals surface area contributed by atoms with E-state index in [1.54, 1.807) is 34.6 Å². The summed E-state index contributed by atoms with van der Waals surface area (Å²) in [6, 6.07) is 1.96. The van der Waals surface area contributed by atoms with Crippen LogP contribution in [0.5, 0.6) is 0 Å².